The maximum atomic E-state index is 9.93. The lowest BCUT2D eigenvalue weighted by Crippen LogP contribution is -1.84. The second kappa shape index (κ2) is 6.01. The standard InChI is InChI=1S/C18H14N2O/c21-18-10-9-15(14-6-2-1-3-7-14)12-17(18)20-13-16-8-4-5-11-19-16/h1-13,21H/b20-13+. The average molecular weight is 274 g/mol. The summed E-state index contributed by atoms with van der Waals surface area (Å²) < 4.78 is 0. The number of phenols is 1. The maximum Gasteiger partial charge on any atom is 0.141 e. The van der Waals surface area contributed by atoms with Gasteiger partial charge in [-0.15, -0.1) is 0 Å². The summed E-state index contributed by atoms with van der Waals surface area (Å²) in [5.41, 5.74) is 3.39. The Morgan fingerprint density at radius 2 is 1.67 bits per heavy atom. The van der Waals surface area contributed by atoms with Gasteiger partial charge in [-0.25, -0.2) is 0 Å². The van der Waals surface area contributed by atoms with Crippen molar-refractivity contribution in [3.63, 3.8) is 0 Å². The van der Waals surface area contributed by atoms with Gasteiger partial charge in [0, 0.05) is 6.20 Å². The molecule has 3 rings (SSSR count). The summed E-state index contributed by atoms with van der Waals surface area (Å²) >= 11 is 0. The second-order valence-electron chi connectivity index (χ2n) is 4.58. The minimum absolute atomic E-state index is 0.155. The van der Waals surface area contributed by atoms with E-state index in [-0.39, 0.29) is 5.75 Å². The van der Waals surface area contributed by atoms with Crippen molar-refractivity contribution in [2.24, 2.45) is 4.99 Å². The van der Waals surface area contributed by atoms with Gasteiger partial charge in [-0.3, -0.25) is 9.98 Å². The fourth-order valence-electron chi connectivity index (χ4n) is 2.03. The molecule has 1 N–H and O–H groups in total. The lowest BCUT2D eigenvalue weighted by Gasteiger charge is -2.04. The maximum absolute atomic E-state index is 9.93. The number of aromatic hydroxyl groups is 1. The van der Waals surface area contributed by atoms with Crippen LogP contribution in [0.2, 0.25) is 0 Å². The third-order valence-corrected chi connectivity index (χ3v) is 3.11. The normalized spacial score (nSPS) is 10.9. The smallest absolute Gasteiger partial charge is 0.141 e. The summed E-state index contributed by atoms with van der Waals surface area (Å²) in [5.74, 6) is 0.155. The van der Waals surface area contributed by atoms with Gasteiger partial charge in [0.2, 0.25) is 0 Å². The van der Waals surface area contributed by atoms with E-state index in [1.165, 1.54) is 0 Å². The molecule has 102 valence electrons. The fourth-order valence-corrected chi connectivity index (χ4v) is 2.03. The van der Waals surface area contributed by atoms with Crippen molar-refractivity contribution in [1.29, 1.82) is 0 Å². The van der Waals surface area contributed by atoms with Crippen molar-refractivity contribution in [1.82, 2.24) is 4.98 Å². The molecule has 0 aliphatic rings. The number of pyridine rings is 1. The lowest BCUT2D eigenvalue weighted by molar-refractivity contribution is 0.477. The summed E-state index contributed by atoms with van der Waals surface area (Å²) in [4.78, 5) is 8.50. The number of aliphatic imine (C=N–C) groups is 1. The van der Waals surface area contributed by atoms with E-state index in [2.05, 4.69) is 9.98 Å². The molecule has 3 nitrogen and oxygen atoms in total. The minimum Gasteiger partial charge on any atom is -0.506 e. The summed E-state index contributed by atoms with van der Waals surface area (Å²) in [5, 5.41) is 9.93. The number of phenolic OH excluding ortho intramolecular Hbond substituents is 1. The van der Waals surface area contributed by atoms with Crippen LogP contribution < -0.4 is 0 Å². The Morgan fingerprint density at radius 1 is 0.857 bits per heavy atom. The van der Waals surface area contributed by atoms with E-state index in [4.69, 9.17) is 0 Å². The highest BCUT2D eigenvalue weighted by molar-refractivity contribution is 5.81. The third-order valence-electron chi connectivity index (χ3n) is 3.11. The lowest BCUT2D eigenvalue weighted by atomic mass is 10.1. The molecular formula is C18H14N2O. The number of hydrogen-bond acceptors (Lipinski definition) is 3. The molecule has 1 aromatic heterocycles. The van der Waals surface area contributed by atoms with Gasteiger partial charge in [-0.05, 0) is 35.4 Å². The van der Waals surface area contributed by atoms with Crippen LogP contribution in [-0.2, 0) is 0 Å². The molecule has 0 bridgehead atoms. The van der Waals surface area contributed by atoms with Crippen LogP contribution in [0.4, 0.5) is 5.69 Å². The first-order valence-electron chi connectivity index (χ1n) is 6.66. The van der Waals surface area contributed by atoms with E-state index in [0.717, 1.165) is 16.8 Å². The summed E-state index contributed by atoms with van der Waals surface area (Å²) in [7, 11) is 0. The van der Waals surface area contributed by atoms with Crippen molar-refractivity contribution in [2.75, 3.05) is 0 Å². The number of aromatic nitrogens is 1. The molecule has 0 amide bonds. The topological polar surface area (TPSA) is 45.5 Å². The van der Waals surface area contributed by atoms with E-state index in [9.17, 15) is 5.11 Å². The Morgan fingerprint density at radius 3 is 2.43 bits per heavy atom. The van der Waals surface area contributed by atoms with E-state index < -0.39 is 0 Å². The number of benzene rings is 2. The largest absolute Gasteiger partial charge is 0.506 e. The Bertz CT molecular complexity index is 753. The molecule has 2 aromatic carbocycles. The van der Waals surface area contributed by atoms with Gasteiger partial charge in [0.05, 0.1) is 11.9 Å². The summed E-state index contributed by atoms with van der Waals surface area (Å²) in [6.45, 7) is 0. The molecule has 0 fully saturated rings. The van der Waals surface area contributed by atoms with Crippen LogP contribution in [0, 0.1) is 0 Å². The molecule has 0 saturated carbocycles. The molecule has 1 heterocycles. The first-order chi connectivity index (χ1) is 10.3. The Balaban J connectivity index is 1.94. The molecule has 3 aromatic rings. The van der Waals surface area contributed by atoms with E-state index >= 15 is 0 Å². The van der Waals surface area contributed by atoms with Gasteiger partial charge < -0.3 is 5.11 Å². The predicted molar refractivity (Wildman–Crippen MR) is 85.0 cm³/mol. The molecule has 0 radical (unpaired) electrons. The molecule has 0 spiro atoms. The van der Waals surface area contributed by atoms with Crippen molar-refractivity contribution >= 4 is 11.9 Å². The molecule has 21 heavy (non-hydrogen) atoms. The number of hydrogen-bond donors (Lipinski definition) is 1. The first kappa shape index (κ1) is 13.1. The SMILES string of the molecule is Oc1ccc(-c2ccccc2)cc1/N=C/c1ccccn1. The van der Waals surface area contributed by atoms with Crippen LogP contribution >= 0.6 is 0 Å². The zero-order chi connectivity index (χ0) is 14.5. The summed E-state index contributed by atoms with van der Waals surface area (Å²) in [6, 6.07) is 21.0. The Hall–Kier alpha value is -2.94. The Labute approximate surface area is 123 Å². The van der Waals surface area contributed by atoms with E-state index in [0.29, 0.717) is 5.69 Å². The molecule has 0 saturated heterocycles. The molecule has 0 atom stereocenters. The van der Waals surface area contributed by atoms with Crippen LogP contribution in [-0.4, -0.2) is 16.3 Å². The van der Waals surface area contributed by atoms with Crippen molar-refractivity contribution < 1.29 is 5.11 Å². The minimum atomic E-state index is 0.155. The van der Waals surface area contributed by atoms with Gasteiger partial charge in [0.1, 0.15) is 11.4 Å². The molecular weight excluding hydrogens is 260 g/mol. The molecule has 0 aliphatic heterocycles. The second-order valence-corrected chi connectivity index (χ2v) is 4.58. The van der Waals surface area contributed by atoms with Crippen LogP contribution in [0.15, 0.2) is 77.9 Å². The van der Waals surface area contributed by atoms with E-state index in [1.54, 1.807) is 18.5 Å². The zero-order valence-electron chi connectivity index (χ0n) is 11.3. The zero-order valence-corrected chi connectivity index (χ0v) is 11.3. The number of nitrogens with zero attached hydrogens (tertiary/aromatic N) is 2. The van der Waals surface area contributed by atoms with Crippen molar-refractivity contribution in [3.05, 3.63) is 78.6 Å². The fraction of sp³-hybridized carbons (Fsp3) is 0. The van der Waals surface area contributed by atoms with Crippen LogP contribution in [0.5, 0.6) is 5.75 Å². The molecule has 3 heteroatoms. The van der Waals surface area contributed by atoms with Gasteiger partial charge >= 0.3 is 0 Å². The van der Waals surface area contributed by atoms with Crippen molar-refractivity contribution in [3.8, 4) is 16.9 Å². The van der Waals surface area contributed by atoms with Gasteiger partial charge in [0.25, 0.3) is 0 Å². The first-order valence-corrected chi connectivity index (χ1v) is 6.66. The highest BCUT2D eigenvalue weighted by atomic mass is 16.3. The average Bonchev–Trinajstić information content (AvgIpc) is 2.56. The van der Waals surface area contributed by atoms with Gasteiger partial charge in [-0.2, -0.15) is 0 Å². The monoisotopic (exact) mass is 274 g/mol. The quantitative estimate of drug-likeness (QED) is 0.727. The predicted octanol–water partition coefficient (Wildman–Crippen LogP) is 4.20. The van der Waals surface area contributed by atoms with Crippen LogP contribution in [0.3, 0.4) is 0 Å². The highest BCUT2D eigenvalue weighted by Crippen LogP contribution is 2.31. The molecule has 0 aliphatic carbocycles. The number of rotatable bonds is 3. The Kier molecular flexibility index (Phi) is 3.74. The van der Waals surface area contributed by atoms with Crippen molar-refractivity contribution in [2.45, 2.75) is 0 Å². The van der Waals surface area contributed by atoms with Crippen LogP contribution in [0.25, 0.3) is 11.1 Å². The highest BCUT2D eigenvalue weighted by Gasteiger charge is 2.03. The third kappa shape index (κ3) is 3.15. The van der Waals surface area contributed by atoms with E-state index in [1.807, 2.05) is 60.7 Å². The van der Waals surface area contributed by atoms with Gasteiger partial charge in [-0.1, -0.05) is 42.5 Å². The summed E-state index contributed by atoms with van der Waals surface area (Å²) in [6.07, 6.45) is 3.35. The van der Waals surface area contributed by atoms with Crippen LogP contribution in [0.1, 0.15) is 5.69 Å². The van der Waals surface area contributed by atoms with Gasteiger partial charge in [0.15, 0.2) is 0 Å². The molecule has 0 unspecified atom stereocenters.